The van der Waals surface area contributed by atoms with E-state index in [1.54, 1.807) is 6.07 Å². The minimum atomic E-state index is -0.384. The van der Waals surface area contributed by atoms with Crippen LogP contribution in [0.25, 0.3) is 10.9 Å². The van der Waals surface area contributed by atoms with Gasteiger partial charge in [0.15, 0.2) is 0 Å². The maximum Gasteiger partial charge on any atom is 0.357 e. The van der Waals surface area contributed by atoms with Crippen molar-refractivity contribution in [3.8, 4) is 0 Å². The Balaban J connectivity index is 0.000000861. The number of carbonyl (C=O) groups excluding carboxylic acids is 1. The Bertz CT molecular complexity index is 575. The molecule has 2 aromatic rings. The van der Waals surface area contributed by atoms with Crippen LogP contribution in [0.5, 0.6) is 0 Å². The molecule has 0 atom stereocenters. The van der Waals surface area contributed by atoms with E-state index in [0.29, 0.717) is 5.69 Å². The van der Waals surface area contributed by atoms with Gasteiger partial charge in [0.1, 0.15) is 28.7 Å². The van der Waals surface area contributed by atoms with E-state index in [-0.39, 0.29) is 12.1 Å². The molecule has 102 valence electrons. The molecule has 1 aromatic carbocycles. The molecule has 0 aliphatic heterocycles. The van der Waals surface area contributed by atoms with E-state index in [0.717, 1.165) is 38.4 Å². The first-order valence-electron chi connectivity index (χ1n) is 5.50. The van der Waals surface area contributed by atoms with Gasteiger partial charge in [0.05, 0.1) is 11.6 Å². The number of halogens is 2. The topological polar surface area (TPSA) is 59.4 Å². The molecule has 0 unspecified atom stereocenters. The van der Waals surface area contributed by atoms with Crippen LogP contribution in [0.2, 0.25) is 0 Å². The van der Waals surface area contributed by atoms with Gasteiger partial charge in [-0.2, -0.15) is 0 Å². The fourth-order valence-corrected chi connectivity index (χ4v) is 1.86. The monoisotopic (exact) mass is 437 g/mol. The van der Waals surface area contributed by atoms with Gasteiger partial charge in [0.2, 0.25) is 0 Å². The average molecular weight is 438 g/mol. The Hall–Kier alpha value is -0.730. The molecule has 4 nitrogen and oxygen atoms in total. The molecule has 1 N–H and O–H groups in total. The Labute approximate surface area is 134 Å². The molecule has 0 spiro atoms. The van der Waals surface area contributed by atoms with Gasteiger partial charge in [-0.15, -0.1) is 0 Å². The SMILES string of the molecule is CC(C)OC(=O)c1ccc2cc(Br)ccc2n1.OI. The largest absolute Gasteiger partial charge is 0.458 e. The molecule has 0 saturated carbocycles. The lowest BCUT2D eigenvalue weighted by atomic mass is 10.2. The number of nitrogens with zero attached hydrogens (tertiary/aromatic N) is 1. The van der Waals surface area contributed by atoms with Gasteiger partial charge in [-0.05, 0) is 38.1 Å². The zero-order chi connectivity index (χ0) is 14.4. The molecule has 6 heteroatoms. The van der Waals surface area contributed by atoms with Crippen LogP contribution in [0.1, 0.15) is 24.3 Å². The van der Waals surface area contributed by atoms with Crippen LogP contribution in [0, 0.1) is 0 Å². The third-order valence-corrected chi connectivity index (χ3v) is 2.70. The molecule has 0 aliphatic rings. The highest BCUT2D eigenvalue weighted by atomic mass is 127. The number of hydrogen-bond donors (Lipinski definition) is 1. The second-order valence-electron chi connectivity index (χ2n) is 3.99. The number of rotatable bonds is 2. The first-order valence-corrected chi connectivity index (χ1v) is 7.26. The molecule has 0 fully saturated rings. The first-order chi connectivity index (χ1) is 9.06. The highest BCUT2D eigenvalue weighted by Gasteiger charge is 2.11. The lowest BCUT2D eigenvalue weighted by Crippen LogP contribution is -2.12. The van der Waals surface area contributed by atoms with Crippen LogP contribution in [0.4, 0.5) is 0 Å². The van der Waals surface area contributed by atoms with E-state index in [1.807, 2.05) is 38.1 Å². The Morgan fingerprint density at radius 1 is 1.32 bits per heavy atom. The van der Waals surface area contributed by atoms with Gasteiger partial charge in [0, 0.05) is 9.86 Å². The molecule has 19 heavy (non-hydrogen) atoms. The van der Waals surface area contributed by atoms with Crippen molar-refractivity contribution < 1.29 is 13.0 Å². The van der Waals surface area contributed by atoms with Crippen molar-refractivity contribution in [2.45, 2.75) is 20.0 Å². The number of hydrogen-bond acceptors (Lipinski definition) is 4. The van der Waals surface area contributed by atoms with E-state index in [9.17, 15) is 4.79 Å². The number of carbonyl (C=O) groups is 1. The third kappa shape index (κ3) is 4.70. The second kappa shape index (κ2) is 7.76. The molecular weight excluding hydrogens is 425 g/mol. The number of pyridine rings is 1. The molecule has 0 saturated heterocycles. The molecule has 0 radical (unpaired) electrons. The van der Waals surface area contributed by atoms with Gasteiger partial charge in [-0.3, -0.25) is 0 Å². The van der Waals surface area contributed by atoms with Gasteiger partial charge >= 0.3 is 5.97 Å². The van der Waals surface area contributed by atoms with Crippen LogP contribution >= 0.6 is 38.9 Å². The van der Waals surface area contributed by atoms with Crippen molar-refractivity contribution in [1.82, 2.24) is 4.98 Å². The molecule has 0 bridgehead atoms. The van der Waals surface area contributed by atoms with E-state index in [1.165, 1.54) is 0 Å². The normalized spacial score (nSPS) is 10.0. The highest BCUT2D eigenvalue weighted by Crippen LogP contribution is 2.18. The maximum absolute atomic E-state index is 11.7. The first kappa shape index (κ1) is 16.3. The van der Waals surface area contributed by atoms with Gasteiger partial charge in [-0.25, -0.2) is 9.78 Å². The van der Waals surface area contributed by atoms with E-state index >= 15 is 0 Å². The minimum absolute atomic E-state index is 0.134. The van der Waals surface area contributed by atoms with Crippen LogP contribution in [-0.4, -0.2) is 20.5 Å². The molecule has 0 aliphatic carbocycles. The predicted molar refractivity (Wildman–Crippen MR) is 86.2 cm³/mol. The summed E-state index contributed by atoms with van der Waals surface area (Å²) in [5, 5.41) is 0.987. The Morgan fingerprint density at radius 3 is 2.63 bits per heavy atom. The summed E-state index contributed by atoms with van der Waals surface area (Å²) in [6, 6.07) is 9.27. The van der Waals surface area contributed by atoms with Gasteiger partial charge < -0.3 is 8.17 Å². The molecule has 1 aromatic heterocycles. The summed E-state index contributed by atoms with van der Waals surface area (Å²) in [6.45, 7) is 3.63. The molecule has 0 amide bonds. The number of benzene rings is 1. The van der Waals surface area contributed by atoms with Gasteiger partial charge in [-0.1, -0.05) is 22.0 Å². The average Bonchev–Trinajstić information content (AvgIpc) is 2.39. The van der Waals surface area contributed by atoms with Gasteiger partial charge in [0.25, 0.3) is 0 Å². The summed E-state index contributed by atoms with van der Waals surface area (Å²) in [7, 11) is 0. The molecular formula is C13H13BrINO3. The van der Waals surface area contributed by atoms with Crippen molar-refractivity contribution >= 4 is 55.8 Å². The van der Waals surface area contributed by atoms with E-state index in [4.69, 9.17) is 8.17 Å². The maximum atomic E-state index is 11.7. The van der Waals surface area contributed by atoms with Crippen LogP contribution in [0.3, 0.4) is 0 Å². The summed E-state index contributed by atoms with van der Waals surface area (Å²) in [5.74, 6) is -0.384. The predicted octanol–water partition coefficient (Wildman–Crippen LogP) is 3.89. The zero-order valence-electron chi connectivity index (χ0n) is 10.4. The fraction of sp³-hybridized carbons (Fsp3) is 0.231. The fourth-order valence-electron chi connectivity index (χ4n) is 1.48. The smallest absolute Gasteiger partial charge is 0.357 e. The lowest BCUT2D eigenvalue weighted by molar-refractivity contribution is 0.0371. The quantitative estimate of drug-likeness (QED) is 0.572. The molecule has 2 rings (SSSR count). The number of ether oxygens (including phenoxy) is 1. The van der Waals surface area contributed by atoms with Crippen molar-refractivity contribution in [2.75, 3.05) is 0 Å². The molecule has 1 heterocycles. The lowest BCUT2D eigenvalue weighted by Gasteiger charge is -2.07. The van der Waals surface area contributed by atoms with Crippen molar-refractivity contribution in [3.05, 3.63) is 40.5 Å². The van der Waals surface area contributed by atoms with E-state index < -0.39 is 0 Å². The van der Waals surface area contributed by atoms with Crippen LogP contribution < -0.4 is 0 Å². The summed E-state index contributed by atoms with van der Waals surface area (Å²) < 4.78 is 13.1. The second-order valence-corrected chi connectivity index (χ2v) is 4.90. The Kier molecular flexibility index (Phi) is 6.67. The summed E-state index contributed by atoms with van der Waals surface area (Å²) in [4.78, 5) is 15.9. The number of esters is 1. The van der Waals surface area contributed by atoms with Crippen molar-refractivity contribution in [2.24, 2.45) is 0 Å². The van der Waals surface area contributed by atoms with E-state index in [2.05, 4.69) is 20.9 Å². The third-order valence-electron chi connectivity index (χ3n) is 2.20. The highest BCUT2D eigenvalue weighted by molar-refractivity contribution is 14.1. The summed E-state index contributed by atoms with van der Waals surface area (Å²) in [5.41, 5.74) is 1.12. The van der Waals surface area contributed by atoms with Crippen molar-refractivity contribution in [3.63, 3.8) is 0 Å². The minimum Gasteiger partial charge on any atom is -0.458 e. The summed E-state index contributed by atoms with van der Waals surface area (Å²) >= 11 is 4.54. The Morgan fingerprint density at radius 2 is 2.00 bits per heavy atom. The zero-order valence-corrected chi connectivity index (χ0v) is 14.2. The summed E-state index contributed by atoms with van der Waals surface area (Å²) in [6.07, 6.45) is -0.134. The number of aromatic nitrogens is 1. The van der Waals surface area contributed by atoms with Crippen molar-refractivity contribution in [1.29, 1.82) is 0 Å². The number of fused-ring (bicyclic) bond motifs is 1. The standard InChI is InChI=1S/C13H12BrNO2.HIO/c1-8(2)17-13(16)12-5-3-9-7-10(14)4-6-11(9)15-12;1-2/h3-8H,1-2H3;2H. The van der Waals surface area contributed by atoms with Crippen LogP contribution in [-0.2, 0) is 4.74 Å². The van der Waals surface area contributed by atoms with Crippen LogP contribution in [0.15, 0.2) is 34.8 Å².